The topological polar surface area (TPSA) is 64.9 Å². The van der Waals surface area contributed by atoms with E-state index in [-0.39, 0.29) is 0 Å². The Labute approximate surface area is 123 Å². The molecule has 5 heteroatoms. The predicted molar refractivity (Wildman–Crippen MR) is 79.5 cm³/mol. The lowest BCUT2D eigenvalue weighted by Crippen LogP contribution is -1.97. The summed E-state index contributed by atoms with van der Waals surface area (Å²) >= 11 is 6.17. The predicted octanol–water partition coefficient (Wildman–Crippen LogP) is 4.27. The smallest absolute Gasteiger partial charge is 0.259 e. The average Bonchev–Trinajstić information content (AvgIpc) is 3.07. The molecular weight excluding hydrogens is 274 g/mol. The third-order valence-electron chi connectivity index (χ3n) is 4.15. The number of nitrogens with zero attached hydrogens (tertiary/aromatic N) is 2. The number of nitrogen functional groups attached to an aromatic ring is 1. The Bertz CT molecular complexity index is 611. The van der Waals surface area contributed by atoms with Crippen molar-refractivity contribution in [1.29, 1.82) is 0 Å². The fourth-order valence-electron chi connectivity index (χ4n) is 2.90. The van der Waals surface area contributed by atoms with Crippen LogP contribution in [0.5, 0.6) is 0 Å². The van der Waals surface area contributed by atoms with E-state index in [4.69, 9.17) is 21.9 Å². The second kappa shape index (κ2) is 5.44. The summed E-state index contributed by atoms with van der Waals surface area (Å²) in [5.41, 5.74) is 7.06. The van der Waals surface area contributed by atoms with Gasteiger partial charge in [-0.3, -0.25) is 0 Å². The van der Waals surface area contributed by atoms with Crippen molar-refractivity contribution in [3.63, 3.8) is 0 Å². The molecule has 0 radical (unpaired) electrons. The second-order valence-electron chi connectivity index (χ2n) is 5.48. The van der Waals surface area contributed by atoms with Gasteiger partial charge in [-0.1, -0.05) is 30.1 Å². The molecule has 0 bridgehead atoms. The lowest BCUT2D eigenvalue weighted by molar-refractivity contribution is 0.413. The van der Waals surface area contributed by atoms with Crippen LogP contribution in [0.4, 0.5) is 5.69 Å². The quantitative estimate of drug-likeness (QED) is 0.858. The molecule has 2 aromatic rings. The molecule has 2 atom stereocenters. The summed E-state index contributed by atoms with van der Waals surface area (Å²) in [6, 6.07) is 5.30. The Kier molecular flexibility index (Phi) is 3.66. The minimum Gasteiger partial charge on any atom is -0.399 e. The lowest BCUT2D eigenvalue weighted by Gasteiger charge is -2.04. The van der Waals surface area contributed by atoms with Crippen LogP contribution in [-0.2, 0) is 0 Å². The lowest BCUT2D eigenvalue weighted by atomic mass is 10.0. The van der Waals surface area contributed by atoms with Gasteiger partial charge in [-0.15, -0.1) is 0 Å². The summed E-state index contributed by atoms with van der Waals surface area (Å²) in [6.45, 7) is 2.24. The summed E-state index contributed by atoms with van der Waals surface area (Å²) < 4.78 is 5.37. The zero-order valence-electron chi connectivity index (χ0n) is 11.5. The van der Waals surface area contributed by atoms with E-state index in [1.165, 1.54) is 12.8 Å². The van der Waals surface area contributed by atoms with Crippen LogP contribution in [0.15, 0.2) is 22.7 Å². The van der Waals surface area contributed by atoms with Crippen LogP contribution in [0.1, 0.15) is 44.3 Å². The van der Waals surface area contributed by atoms with E-state index >= 15 is 0 Å². The molecule has 20 heavy (non-hydrogen) atoms. The molecule has 2 N–H and O–H groups in total. The number of rotatable bonds is 3. The third kappa shape index (κ3) is 2.52. The molecule has 3 rings (SSSR count). The number of benzene rings is 1. The minimum atomic E-state index is 0.421. The monoisotopic (exact) mass is 291 g/mol. The number of halogens is 1. The third-order valence-corrected chi connectivity index (χ3v) is 4.46. The molecule has 1 aromatic carbocycles. The van der Waals surface area contributed by atoms with Crippen LogP contribution >= 0.6 is 11.6 Å². The molecule has 0 aliphatic heterocycles. The Morgan fingerprint density at radius 3 is 2.95 bits per heavy atom. The Balaban J connectivity index is 1.83. The highest BCUT2D eigenvalue weighted by molar-refractivity contribution is 6.33. The summed E-state index contributed by atoms with van der Waals surface area (Å²) in [6.07, 6.45) is 4.79. The number of hydrogen-bond acceptors (Lipinski definition) is 4. The van der Waals surface area contributed by atoms with Gasteiger partial charge in [-0.05, 0) is 43.4 Å². The minimum absolute atomic E-state index is 0.421. The van der Waals surface area contributed by atoms with Crippen molar-refractivity contribution in [2.24, 2.45) is 5.92 Å². The van der Waals surface area contributed by atoms with Gasteiger partial charge in [0.2, 0.25) is 0 Å². The van der Waals surface area contributed by atoms with Gasteiger partial charge in [-0.2, -0.15) is 4.98 Å². The van der Waals surface area contributed by atoms with E-state index < -0.39 is 0 Å². The zero-order valence-corrected chi connectivity index (χ0v) is 12.2. The Morgan fingerprint density at radius 1 is 1.40 bits per heavy atom. The molecule has 0 saturated heterocycles. The van der Waals surface area contributed by atoms with Crippen LogP contribution in [0.25, 0.3) is 11.5 Å². The number of nitrogens with two attached hydrogens (primary N) is 1. The maximum Gasteiger partial charge on any atom is 0.259 e. The van der Waals surface area contributed by atoms with Crippen molar-refractivity contribution in [3.05, 3.63) is 29.0 Å². The van der Waals surface area contributed by atoms with Gasteiger partial charge in [0.15, 0.2) is 5.82 Å². The highest BCUT2D eigenvalue weighted by Crippen LogP contribution is 2.39. The van der Waals surface area contributed by atoms with Gasteiger partial charge < -0.3 is 10.3 Å². The van der Waals surface area contributed by atoms with E-state index in [0.717, 1.165) is 30.1 Å². The normalized spacial score (nSPS) is 22.3. The molecule has 106 valence electrons. The standard InChI is InChI=1S/C15H18ClN3O/c1-2-9-3-4-10(7-9)14-18-15(20-19-14)12-6-5-11(17)8-13(12)16/h5-6,8-10H,2-4,7,17H2,1H3. The van der Waals surface area contributed by atoms with E-state index in [0.29, 0.717) is 22.5 Å². The fourth-order valence-corrected chi connectivity index (χ4v) is 3.16. The molecule has 2 unspecified atom stereocenters. The first kappa shape index (κ1) is 13.4. The van der Waals surface area contributed by atoms with E-state index in [1.54, 1.807) is 12.1 Å². The molecule has 1 aromatic heterocycles. The molecule has 0 amide bonds. The van der Waals surface area contributed by atoms with Crippen molar-refractivity contribution in [2.75, 3.05) is 5.73 Å². The van der Waals surface area contributed by atoms with Crippen LogP contribution in [-0.4, -0.2) is 10.1 Å². The highest BCUT2D eigenvalue weighted by atomic mass is 35.5. The van der Waals surface area contributed by atoms with Gasteiger partial charge in [0.05, 0.1) is 10.6 Å². The van der Waals surface area contributed by atoms with Crippen LogP contribution in [0.3, 0.4) is 0 Å². The summed E-state index contributed by atoms with van der Waals surface area (Å²) in [5, 5.41) is 4.67. The molecular formula is C15H18ClN3O. The van der Waals surface area contributed by atoms with E-state index in [1.807, 2.05) is 6.07 Å². The number of anilines is 1. The SMILES string of the molecule is CCC1CCC(c2noc(-c3ccc(N)cc3Cl)n2)C1. The molecule has 0 spiro atoms. The van der Waals surface area contributed by atoms with Crippen molar-refractivity contribution >= 4 is 17.3 Å². The molecule has 1 aliphatic carbocycles. The molecule has 1 fully saturated rings. The summed E-state index contributed by atoms with van der Waals surface area (Å²) in [4.78, 5) is 4.52. The van der Waals surface area contributed by atoms with Crippen molar-refractivity contribution < 1.29 is 4.52 Å². The van der Waals surface area contributed by atoms with Crippen LogP contribution in [0.2, 0.25) is 5.02 Å². The van der Waals surface area contributed by atoms with Gasteiger partial charge in [-0.25, -0.2) is 0 Å². The van der Waals surface area contributed by atoms with Gasteiger partial charge in [0, 0.05) is 11.6 Å². The van der Waals surface area contributed by atoms with E-state index in [9.17, 15) is 0 Å². The molecule has 1 saturated carbocycles. The maximum absolute atomic E-state index is 6.17. The van der Waals surface area contributed by atoms with Crippen LogP contribution in [0, 0.1) is 5.92 Å². The van der Waals surface area contributed by atoms with Crippen molar-refractivity contribution in [3.8, 4) is 11.5 Å². The second-order valence-corrected chi connectivity index (χ2v) is 5.89. The first-order valence-corrected chi connectivity index (χ1v) is 7.44. The summed E-state index contributed by atoms with van der Waals surface area (Å²) in [5.74, 6) is 2.50. The summed E-state index contributed by atoms with van der Waals surface area (Å²) in [7, 11) is 0. The van der Waals surface area contributed by atoms with Gasteiger partial charge in [0.25, 0.3) is 5.89 Å². The van der Waals surface area contributed by atoms with Gasteiger partial charge >= 0.3 is 0 Å². The highest BCUT2D eigenvalue weighted by Gasteiger charge is 2.28. The van der Waals surface area contributed by atoms with E-state index in [2.05, 4.69) is 17.1 Å². The largest absolute Gasteiger partial charge is 0.399 e. The first-order chi connectivity index (χ1) is 9.67. The Hall–Kier alpha value is -1.55. The number of aromatic nitrogens is 2. The molecule has 1 heterocycles. The maximum atomic E-state index is 6.17. The fraction of sp³-hybridized carbons (Fsp3) is 0.467. The number of hydrogen-bond donors (Lipinski definition) is 1. The zero-order chi connectivity index (χ0) is 14.1. The van der Waals surface area contributed by atoms with Crippen LogP contribution < -0.4 is 5.73 Å². The van der Waals surface area contributed by atoms with Crippen molar-refractivity contribution in [1.82, 2.24) is 10.1 Å². The molecule has 4 nitrogen and oxygen atoms in total. The van der Waals surface area contributed by atoms with Gasteiger partial charge in [0.1, 0.15) is 0 Å². The first-order valence-electron chi connectivity index (χ1n) is 7.06. The Morgan fingerprint density at radius 2 is 2.25 bits per heavy atom. The molecule has 1 aliphatic rings. The average molecular weight is 292 g/mol. The van der Waals surface area contributed by atoms with Crippen molar-refractivity contribution in [2.45, 2.75) is 38.5 Å².